The summed E-state index contributed by atoms with van der Waals surface area (Å²) < 4.78 is 5.65. The molecule has 3 rings (SSSR count). The van der Waals surface area contributed by atoms with E-state index in [0.29, 0.717) is 17.5 Å². The molecule has 0 amide bonds. The van der Waals surface area contributed by atoms with E-state index in [1.807, 2.05) is 42.6 Å². The Labute approximate surface area is 125 Å². The summed E-state index contributed by atoms with van der Waals surface area (Å²) in [6.07, 6.45) is 0. The lowest BCUT2D eigenvalue weighted by atomic mass is 10.2. The SMILES string of the molecule is Cc1cccc(SCc2nnc(-c3cccs3)o2)c1N. The van der Waals surface area contributed by atoms with Gasteiger partial charge in [-0.1, -0.05) is 18.2 Å². The first-order chi connectivity index (χ1) is 9.74. The number of aromatic nitrogens is 2. The number of nitrogen functional groups attached to an aromatic ring is 1. The van der Waals surface area contributed by atoms with E-state index in [4.69, 9.17) is 10.2 Å². The molecule has 0 unspecified atom stereocenters. The molecule has 0 saturated heterocycles. The first-order valence-electron chi connectivity index (χ1n) is 6.08. The first kappa shape index (κ1) is 13.2. The molecule has 0 bridgehead atoms. The maximum Gasteiger partial charge on any atom is 0.257 e. The average molecular weight is 303 g/mol. The number of anilines is 1. The number of rotatable bonds is 4. The van der Waals surface area contributed by atoms with Crippen molar-refractivity contribution in [2.24, 2.45) is 0 Å². The molecule has 0 spiro atoms. The van der Waals surface area contributed by atoms with Crippen LogP contribution in [0.5, 0.6) is 0 Å². The van der Waals surface area contributed by atoms with E-state index in [-0.39, 0.29) is 0 Å². The molecule has 4 nitrogen and oxygen atoms in total. The second-order valence-electron chi connectivity index (χ2n) is 4.25. The number of para-hydroxylation sites is 1. The van der Waals surface area contributed by atoms with Crippen molar-refractivity contribution >= 4 is 28.8 Å². The molecule has 0 aliphatic heterocycles. The number of nitrogens with two attached hydrogens (primary N) is 1. The van der Waals surface area contributed by atoms with E-state index in [0.717, 1.165) is 21.0 Å². The lowest BCUT2D eigenvalue weighted by Gasteiger charge is -2.05. The van der Waals surface area contributed by atoms with Gasteiger partial charge in [-0.25, -0.2) is 0 Å². The highest BCUT2D eigenvalue weighted by Gasteiger charge is 2.10. The van der Waals surface area contributed by atoms with Crippen molar-refractivity contribution in [3.05, 3.63) is 47.2 Å². The van der Waals surface area contributed by atoms with Crippen LogP contribution in [0.25, 0.3) is 10.8 Å². The molecule has 3 aromatic rings. The van der Waals surface area contributed by atoms with Crippen LogP contribution < -0.4 is 5.73 Å². The topological polar surface area (TPSA) is 64.9 Å². The van der Waals surface area contributed by atoms with Crippen LogP contribution in [-0.4, -0.2) is 10.2 Å². The normalized spacial score (nSPS) is 10.8. The van der Waals surface area contributed by atoms with Gasteiger partial charge >= 0.3 is 0 Å². The van der Waals surface area contributed by atoms with Gasteiger partial charge in [0.25, 0.3) is 5.89 Å². The van der Waals surface area contributed by atoms with Gasteiger partial charge in [-0.05, 0) is 30.0 Å². The van der Waals surface area contributed by atoms with E-state index in [9.17, 15) is 0 Å². The van der Waals surface area contributed by atoms with Crippen LogP contribution in [0.3, 0.4) is 0 Å². The maximum atomic E-state index is 6.04. The number of benzene rings is 1. The summed E-state index contributed by atoms with van der Waals surface area (Å²) in [5.74, 6) is 1.80. The van der Waals surface area contributed by atoms with Gasteiger partial charge in [0.1, 0.15) is 0 Å². The summed E-state index contributed by atoms with van der Waals surface area (Å²) in [5, 5.41) is 10.1. The second-order valence-corrected chi connectivity index (χ2v) is 6.22. The summed E-state index contributed by atoms with van der Waals surface area (Å²) in [4.78, 5) is 2.03. The summed E-state index contributed by atoms with van der Waals surface area (Å²) in [5.41, 5.74) is 7.94. The van der Waals surface area contributed by atoms with Gasteiger partial charge in [-0.3, -0.25) is 0 Å². The lowest BCUT2D eigenvalue weighted by molar-refractivity contribution is 0.529. The van der Waals surface area contributed by atoms with Gasteiger partial charge in [-0.2, -0.15) is 0 Å². The zero-order valence-corrected chi connectivity index (χ0v) is 12.5. The highest BCUT2D eigenvalue weighted by Crippen LogP contribution is 2.31. The van der Waals surface area contributed by atoms with Crippen LogP contribution in [0.15, 0.2) is 45.0 Å². The van der Waals surface area contributed by atoms with Gasteiger partial charge < -0.3 is 10.2 Å². The second kappa shape index (κ2) is 5.68. The van der Waals surface area contributed by atoms with Crippen molar-refractivity contribution in [3.63, 3.8) is 0 Å². The fourth-order valence-electron chi connectivity index (χ4n) is 1.73. The van der Waals surface area contributed by atoms with Crippen molar-refractivity contribution < 1.29 is 4.42 Å². The van der Waals surface area contributed by atoms with E-state index in [1.165, 1.54) is 0 Å². The van der Waals surface area contributed by atoms with E-state index in [1.54, 1.807) is 23.1 Å². The summed E-state index contributed by atoms with van der Waals surface area (Å²) >= 11 is 3.19. The number of thioether (sulfide) groups is 1. The molecule has 2 N–H and O–H groups in total. The zero-order valence-electron chi connectivity index (χ0n) is 10.9. The Balaban J connectivity index is 1.71. The van der Waals surface area contributed by atoms with Crippen molar-refractivity contribution in [1.29, 1.82) is 0 Å². The molecular formula is C14H13N3OS2. The molecule has 0 aliphatic carbocycles. The Morgan fingerprint density at radius 2 is 2.15 bits per heavy atom. The molecule has 102 valence electrons. The van der Waals surface area contributed by atoms with Crippen LogP contribution in [0.2, 0.25) is 0 Å². The lowest BCUT2D eigenvalue weighted by Crippen LogP contribution is -1.92. The van der Waals surface area contributed by atoms with Crippen LogP contribution in [0, 0.1) is 6.92 Å². The Morgan fingerprint density at radius 1 is 1.25 bits per heavy atom. The molecule has 0 atom stereocenters. The molecule has 0 fully saturated rings. The number of hydrogen-bond acceptors (Lipinski definition) is 6. The Hall–Kier alpha value is -1.79. The molecule has 20 heavy (non-hydrogen) atoms. The van der Waals surface area contributed by atoms with Gasteiger partial charge in [0.05, 0.1) is 10.6 Å². The zero-order chi connectivity index (χ0) is 13.9. The van der Waals surface area contributed by atoms with Crippen molar-refractivity contribution in [1.82, 2.24) is 10.2 Å². The fraction of sp³-hybridized carbons (Fsp3) is 0.143. The van der Waals surface area contributed by atoms with Gasteiger partial charge in [0, 0.05) is 10.6 Å². The highest BCUT2D eigenvalue weighted by atomic mass is 32.2. The molecule has 2 aromatic heterocycles. The number of nitrogens with zero attached hydrogens (tertiary/aromatic N) is 2. The van der Waals surface area contributed by atoms with Gasteiger partial charge in [-0.15, -0.1) is 33.3 Å². The predicted octanol–water partition coefficient (Wildman–Crippen LogP) is 3.98. The van der Waals surface area contributed by atoms with Crippen LogP contribution in [0.1, 0.15) is 11.5 Å². The highest BCUT2D eigenvalue weighted by molar-refractivity contribution is 7.98. The summed E-state index contributed by atoms with van der Waals surface area (Å²) in [6, 6.07) is 9.93. The minimum absolute atomic E-state index is 0.577. The largest absolute Gasteiger partial charge is 0.419 e. The molecule has 2 heterocycles. The predicted molar refractivity (Wildman–Crippen MR) is 82.8 cm³/mol. The van der Waals surface area contributed by atoms with E-state index < -0.39 is 0 Å². The minimum Gasteiger partial charge on any atom is -0.419 e. The van der Waals surface area contributed by atoms with Crippen LogP contribution in [-0.2, 0) is 5.75 Å². The third-order valence-corrected chi connectivity index (χ3v) is 4.75. The molecule has 0 aliphatic rings. The smallest absolute Gasteiger partial charge is 0.257 e. The van der Waals surface area contributed by atoms with Crippen molar-refractivity contribution in [2.45, 2.75) is 17.6 Å². The number of hydrogen-bond donors (Lipinski definition) is 1. The maximum absolute atomic E-state index is 6.04. The molecule has 6 heteroatoms. The standard InChI is InChI=1S/C14H13N3OS2/c1-9-4-2-5-10(13(9)15)20-8-12-16-17-14(18-12)11-6-3-7-19-11/h2-7H,8,15H2,1H3. The quantitative estimate of drug-likeness (QED) is 0.583. The van der Waals surface area contributed by atoms with Crippen LogP contribution >= 0.6 is 23.1 Å². The summed E-state index contributed by atoms with van der Waals surface area (Å²) in [6.45, 7) is 2.00. The monoisotopic (exact) mass is 303 g/mol. The fourth-order valence-corrected chi connectivity index (χ4v) is 3.26. The van der Waals surface area contributed by atoms with Gasteiger partial charge in [0.15, 0.2) is 0 Å². The minimum atomic E-state index is 0.577. The van der Waals surface area contributed by atoms with Crippen molar-refractivity contribution in [3.8, 4) is 10.8 Å². The third kappa shape index (κ3) is 2.71. The molecule has 0 radical (unpaired) electrons. The Kier molecular flexibility index (Phi) is 3.75. The van der Waals surface area contributed by atoms with E-state index >= 15 is 0 Å². The van der Waals surface area contributed by atoms with Gasteiger partial charge in [0.2, 0.25) is 5.89 Å². The van der Waals surface area contributed by atoms with Crippen molar-refractivity contribution in [2.75, 3.05) is 5.73 Å². The molecule has 1 aromatic carbocycles. The summed E-state index contributed by atoms with van der Waals surface area (Å²) in [7, 11) is 0. The first-order valence-corrected chi connectivity index (χ1v) is 7.94. The number of thiophene rings is 1. The third-order valence-electron chi connectivity index (χ3n) is 2.83. The Morgan fingerprint density at radius 3 is 2.95 bits per heavy atom. The van der Waals surface area contributed by atoms with E-state index in [2.05, 4.69) is 10.2 Å². The Bertz CT molecular complexity index is 707. The number of aryl methyl sites for hydroxylation is 1. The average Bonchev–Trinajstić information content (AvgIpc) is 3.10. The van der Waals surface area contributed by atoms with Crippen LogP contribution in [0.4, 0.5) is 5.69 Å². The molecule has 0 saturated carbocycles. The molecular weight excluding hydrogens is 290 g/mol.